The molecule has 0 amide bonds. The molecular weight excluding hydrogens is 374 g/mol. The highest BCUT2D eigenvalue weighted by Gasteiger charge is 2.22. The Kier molecular flexibility index (Phi) is 4.88. The molecule has 7 nitrogen and oxygen atoms in total. The van der Waals surface area contributed by atoms with E-state index >= 15 is 0 Å². The number of anilines is 3. The molecule has 0 bridgehead atoms. The molecule has 1 aromatic carbocycles. The molecule has 3 rings (SSSR count). The van der Waals surface area contributed by atoms with Crippen LogP contribution in [-0.2, 0) is 10.0 Å². The maximum Gasteiger partial charge on any atom is 0.266 e. The molecule has 0 spiro atoms. The van der Waals surface area contributed by atoms with Crippen molar-refractivity contribution in [1.29, 1.82) is 0 Å². The molecule has 0 aliphatic rings. The number of hydrogen-bond donors (Lipinski definition) is 3. The third kappa shape index (κ3) is 3.81. The van der Waals surface area contributed by atoms with Gasteiger partial charge in [0.05, 0.1) is 23.3 Å². The van der Waals surface area contributed by atoms with Crippen LogP contribution in [0.3, 0.4) is 0 Å². The highest BCUT2D eigenvalue weighted by molar-refractivity contribution is 7.92. The van der Waals surface area contributed by atoms with Crippen molar-refractivity contribution in [3.05, 3.63) is 58.5 Å². The fourth-order valence-electron chi connectivity index (χ4n) is 2.49. The molecule has 2 aromatic heterocycles. The smallest absolute Gasteiger partial charge is 0.266 e. The monoisotopic (exact) mass is 391 g/mol. The molecule has 0 unspecified atom stereocenters. The minimum Gasteiger partial charge on any atom is -0.354 e. The van der Waals surface area contributed by atoms with E-state index in [1.165, 1.54) is 0 Å². The van der Waals surface area contributed by atoms with Gasteiger partial charge >= 0.3 is 0 Å². The highest BCUT2D eigenvalue weighted by Crippen LogP contribution is 2.24. The van der Waals surface area contributed by atoms with Crippen molar-refractivity contribution in [2.75, 3.05) is 10.0 Å². The van der Waals surface area contributed by atoms with Gasteiger partial charge in [0.1, 0.15) is 10.7 Å². The number of pyridine rings is 1. The Balaban J connectivity index is 1.76. The first-order chi connectivity index (χ1) is 12.3. The topological polar surface area (TPSA) is 99.8 Å². The lowest BCUT2D eigenvalue weighted by atomic mass is 10.2. The van der Waals surface area contributed by atoms with E-state index in [-0.39, 0.29) is 10.7 Å². The molecule has 3 aromatic rings. The van der Waals surface area contributed by atoms with E-state index in [9.17, 15) is 8.42 Å². The van der Waals surface area contributed by atoms with E-state index in [0.717, 1.165) is 11.3 Å². The number of aromatic nitrogens is 3. The molecule has 0 aliphatic heterocycles. The number of nitrogens with one attached hydrogen (secondary N) is 3. The van der Waals surface area contributed by atoms with Gasteiger partial charge in [-0.3, -0.25) is 9.82 Å². The van der Waals surface area contributed by atoms with E-state index < -0.39 is 10.0 Å². The Morgan fingerprint density at radius 3 is 2.38 bits per heavy atom. The second-order valence-electron chi connectivity index (χ2n) is 5.89. The van der Waals surface area contributed by atoms with Crippen LogP contribution in [0.25, 0.3) is 0 Å². The van der Waals surface area contributed by atoms with Gasteiger partial charge in [-0.05, 0) is 50.6 Å². The molecule has 0 saturated carbocycles. The number of halogens is 1. The second-order valence-corrected chi connectivity index (χ2v) is 7.92. The van der Waals surface area contributed by atoms with Crippen LogP contribution in [0.2, 0.25) is 5.02 Å². The average molecular weight is 392 g/mol. The number of nitrogens with zero attached hydrogens (tertiary/aromatic N) is 2. The van der Waals surface area contributed by atoms with Crippen LogP contribution in [0.15, 0.2) is 41.4 Å². The van der Waals surface area contributed by atoms with Gasteiger partial charge in [-0.1, -0.05) is 17.7 Å². The summed E-state index contributed by atoms with van der Waals surface area (Å²) in [5.74, 6) is 0.220. The second kappa shape index (κ2) is 6.97. The molecule has 0 atom stereocenters. The minimum absolute atomic E-state index is 0.135. The number of aryl methyl sites for hydroxylation is 3. The maximum absolute atomic E-state index is 12.5. The van der Waals surface area contributed by atoms with Gasteiger partial charge in [-0.2, -0.15) is 5.10 Å². The number of aromatic amines is 1. The van der Waals surface area contributed by atoms with Gasteiger partial charge in [0.25, 0.3) is 10.0 Å². The first-order valence-electron chi connectivity index (χ1n) is 7.80. The summed E-state index contributed by atoms with van der Waals surface area (Å²) < 4.78 is 27.5. The van der Waals surface area contributed by atoms with Gasteiger partial charge in [0.2, 0.25) is 0 Å². The number of H-pyrrole nitrogens is 1. The van der Waals surface area contributed by atoms with E-state index in [1.807, 2.05) is 25.1 Å². The average Bonchev–Trinajstić information content (AvgIpc) is 2.92. The van der Waals surface area contributed by atoms with Crippen molar-refractivity contribution >= 4 is 38.8 Å². The Bertz CT molecular complexity index is 1030. The zero-order chi connectivity index (χ0) is 18.9. The summed E-state index contributed by atoms with van der Waals surface area (Å²) in [4.78, 5) is 4.29. The van der Waals surface area contributed by atoms with Gasteiger partial charge in [0.15, 0.2) is 0 Å². The Hall–Kier alpha value is -2.58. The normalized spacial score (nSPS) is 11.4. The molecule has 0 fully saturated rings. The predicted octanol–water partition coefficient (Wildman–Crippen LogP) is 3.93. The van der Waals surface area contributed by atoms with Crippen molar-refractivity contribution in [2.45, 2.75) is 25.7 Å². The summed E-state index contributed by atoms with van der Waals surface area (Å²) in [5.41, 5.74) is 3.41. The van der Waals surface area contributed by atoms with Gasteiger partial charge in [-0.15, -0.1) is 0 Å². The lowest BCUT2D eigenvalue weighted by Crippen LogP contribution is -2.15. The molecular formula is C17H18ClN5O2S. The largest absolute Gasteiger partial charge is 0.354 e. The summed E-state index contributed by atoms with van der Waals surface area (Å²) in [6, 6.07) is 8.95. The Morgan fingerprint density at radius 1 is 1.08 bits per heavy atom. The molecule has 2 heterocycles. The fourth-order valence-corrected chi connectivity index (χ4v) is 4.05. The lowest BCUT2D eigenvalue weighted by Gasteiger charge is -2.10. The Labute approximate surface area is 156 Å². The molecule has 136 valence electrons. The van der Waals surface area contributed by atoms with E-state index in [2.05, 4.69) is 25.2 Å². The Morgan fingerprint density at radius 2 is 1.81 bits per heavy atom. The zero-order valence-corrected chi connectivity index (χ0v) is 16.0. The molecule has 9 heteroatoms. The maximum atomic E-state index is 12.5. The predicted molar refractivity (Wildman–Crippen MR) is 103 cm³/mol. The van der Waals surface area contributed by atoms with E-state index in [0.29, 0.717) is 22.1 Å². The minimum atomic E-state index is -3.76. The molecule has 0 radical (unpaired) electrons. The first kappa shape index (κ1) is 18.2. The van der Waals surface area contributed by atoms with E-state index in [1.54, 1.807) is 32.2 Å². The SMILES string of the molecule is Cc1ccc(Nc2ccc(NS(=O)(=O)c3c(C)n[nH]c3C)nc2)cc1Cl. The molecule has 26 heavy (non-hydrogen) atoms. The third-order valence-corrected chi connectivity index (χ3v) is 5.82. The van der Waals surface area contributed by atoms with Crippen molar-refractivity contribution in [1.82, 2.24) is 15.2 Å². The van der Waals surface area contributed by atoms with Gasteiger partial charge in [-0.25, -0.2) is 13.4 Å². The van der Waals surface area contributed by atoms with Crippen molar-refractivity contribution in [2.24, 2.45) is 0 Å². The standard InChI is InChI=1S/C17H18ClN5O2S/c1-10-4-5-13(8-15(10)18)20-14-6-7-16(19-9-14)23-26(24,25)17-11(2)21-22-12(17)3/h4-9,20H,1-3H3,(H,19,23)(H,21,22). The lowest BCUT2D eigenvalue weighted by molar-refractivity contribution is 0.600. The number of hydrogen-bond acceptors (Lipinski definition) is 5. The van der Waals surface area contributed by atoms with E-state index in [4.69, 9.17) is 11.6 Å². The van der Waals surface area contributed by atoms with Gasteiger partial charge < -0.3 is 5.32 Å². The van der Waals surface area contributed by atoms with Gasteiger partial charge in [0, 0.05) is 10.7 Å². The van der Waals surface area contributed by atoms with Crippen LogP contribution in [-0.4, -0.2) is 23.6 Å². The summed E-state index contributed by atoms with van der Waals surface area (Å²) in [6.45, 7) is 5.21. The fraction of sp³-hybridized carbons (Fsp3) is 0.176. The third-order valence-electron chi connectivity index (χ3n) is 3.79. The van der Waals surface area contributed by atoms with Crippen molar-refractivity contribution in [3.8, 4) is 0 Å². The molecule has 0 aliphatic carbocycles. The highest BCUT2D eigenvalue weighted by atomic mass is 35.5. The molecule has 0 saturated heterocycles. The summed E-state index contributed by atoms with van der Waals surface area (Å²) in [7, 11) is -3.76. The quantitative estimate of drug-likeness (QED) is 0.611. The molecule has 3 N–H and O–H groups in total. The van der Waals surface area contributed by atoms with Crippen LogP contribution in [0.1, 0.15) is 17.0 Å². The van der Waals surface area contributed by atoms with Crippen molar-refractivity contribution in [3.63, 3.8) is 0 Å². The van der Waals surface area contributed by atoms with Crippen LogP contribution >= 0.6 is 11.6 Å². The first-order valence-corrected chi connectivity index (χ1v) is 9.66. The van der Waals surface area contributed by atoms with Crippen molar-refractivity contribution < 1.29 is 8.42 Å². The van der Waals surface area contributed by atoms with Crippen LogP contribution in [0.5, 0.6) is 0 Å². The number of benzene rings is 1. The van der Waals surface area contributed by atoms with Crippen LogP contribution in [0, 0.1) is 20.8 Å². The zero-order valence-electron chi connectivity index (χ0n) is 14.5. The summed E-state index contributed by atoms with van der Waals surface area (Å²) in [5, 5.41) is 10.4. The number of rotatable bonds is 5. The number of sulfonamides is 1. The van der Waals surface area contributed by atoms with Crippen LogP contribution in [0.4, 0.5) is 17.2 Å². The summed E-state index contributed by atoms with van der Waals surface area (Å²) >= 11 is 6.11. The van der Waals surface area contributed by atoms with Crippen LogP contribution < -0.4 is 10.0 Å². The summed E-state index contributed by atoms with van der Waals surface area (Å²) in [6.07, 6.45) is 1.54.